The molecule has 4 rings (SSSR count). The van der Waals surface area contributed by atoms with Crippen molar-refractivity contribution in [1.82, 2.24) is 21.1 Å². The summed E-state index contributed by atoms with van der Waals surface area (Å²) in [6.07, 6.45) is 7.35. The van der Waals surface area contributed by atoms with Crippen LogP contribution in [0, 0.1) is 0 Å². The van der Waals surface area contributed by atoms with Gasteiger partial charge in [0.05, 0.1) is 6.04 Å². The van der Waals surface area contributed by atoms with Crippen LogP contribution in [0.5, 0.6) is 0 Å². The predicted molar refractivity (Wildman–Crippen MR) is 124 cm³/mol. The summed E-state index contributed by atoms with van der Waals surface area (Å²) < 4.78 is 0. The summed E-state index contributed by atoms with van der Waals surface area (Å²) in [6, 6.07) is 13.9. The number of rotatable bonds is 8. The highest BCUT2D eigenvalue weighted by Gasteiger charge is 2.28. The van der Waals surface area contributed by atoms with Crippen LogP contribution in [0.2, 0.25) is 0 Å². The first-order valence-electron chi connectivity index (χ1n) is 10.9. The second kappa shape index (κ2) is 9.80. The van der Waals surface area contributed by atoms with Gasteiger partial charge in [0.2, 0.25) is 5.91 Å². The third-order valence-corrected chi connectivity index (χ3v) is 5.95. The average molecular weight is 433 g/mol. The molecule has 0 saturated heterocycles. The number of aryl methyl sites for hydroxylation is 1. The maximum absolute atomic E-state index is 12.9. The molecule has 1 aromatic heterocycles. The van der Waals surface area contributed by atoms with Gasteiger partial charge in [0, 0.05) is 35.8 Å². The van der Waals surface area contributed by atoms with Crippen LogP contribution in [-0.2, 0) is 22.4 Å². The SMILES string of the molecule is CCNC(=O)C(Cc1c[nH]c2ccccc12)NC1CCc2cc(C=CC(=O)NO)ccc21. The van der Waals surface area contributed by atoms with E-state index in [1.165, 1.54) is 17.2 Å². The number of H-pyrrole nitrogens is 1. The smallest absolute Gasteiger partial charge is 0.267 e. The van der Waals surface area contributed by atoms with Crippen LogP contribution in [0.4, 0.5) is 0 Å². The van der Waals surface area contributed by atoms with Gasteiger partial charge in [-0.3, -0.25) is 20.1 Å². The molecule has 7 heteroatoms. The topological polar surface area (TPSA) is 106 Å². The number of nitrogens with one attached hydrogen (secondary N) is 4. The first kappa shape index (κ1) is 21.8. The van der Waals surface area contributed by atoms with Crippen molar-refractivity contribution < 1.29 is 14.8 Å². The van der Waals surface area contributed by atoms with Crippen LogP contribution >= 0.6 is 0 Å². The van der Waals surface area contributed by atoms with E-state index in [1.807, 2.05) is 37.4 Å². The van der Waals surface area contributed by atoms with Gasteiger partial charge in [0.25, 0.3) is 5.91 Å². The van der Waals surface area contributed by atoms with Gasteiger partial charge in [0.15, 0.2) is 0 Å². The number of amides is 2. The summed E-state index contributed by atoms with van der Waals surface area (Å²) in [7, 11) is 0. The number of fused-ring (bicyclic) bond motifs is 2. The van der Waals surface area contributed by atoms with Gasteiger partial charge in [-0.2, -0.15) is 0 Å². The minimum Gasteiger partial charge on any atom is -0.361 e. The van der Waals surface area contributed by atoms with Crippen LogP contribution in [0.25, 0.3) is 17.0 Å². The lowest BCUT2D eigenvalue weighted by molar-refractivity contribution is -0.124. The molecule has 0 radical (unpaired) electrons. The number of carbonyl (C=O) groups is 2. The third kappa shape index (κ3) is 4.74. The summed E-state index contributed by atoms with van der Waals surface area (Å²) in [5.41, 5.74) is 7.06. The average Bonchev–Trinajstić information content (AvgIpc) is 3.41. The minimum absolute atomic E-state index is 0.000741. The standard InChI is InChI=1S/C25H28N4O3/c1-2-26-25(31)23(14-18-15-27-21-6-4-3-5-19(18)21)28-22-11-9-17-13-16(7-10-20(17)22)8-12-24(30)29-32/h3-8,10,12-13,15,22-23,27-28,32H,2,9,11,14H2,1H3,(H,26,31)(H,29,30). The van der Waals surface area contributed by atoms with Crippen LogP contribution in [0.15, 0.2) is 54.7 Å². The van der Waals surface area contributed by atoms with Gasteiger partial charge in [-0.25, -0.2) is 5.48 Å². The van der Waals surface area contributed by atoms with Gasteiger partial charge in [-0.1, -0.05) is 36.4 Å². The van der Waals surface area contributed by atoms with Crippen molar-refractivity contribution in [3.8, 4) is 0 Å². The Hall–Kier alpha value is -3.42. The Bertz CT molecular complexity index is 1150. The van der Waals surface area contributed by atoms with E-state index < -0.39 is 5.91 Å². The molecule has 0 saturated carbocycles. The summed E-state index contributed by atoms with van der Waals surface area (Å²) in [6.45, 7) is 2.51. The molecule has 2 amide bonds. The fourth-order valence-corrected chi connectivity index (χ4v) is 4.41. The Morgan fingerprint density at radius 1 is 1.25 bits per heavy atom. The molecule has 32 heavy (non-hydrogen) atoms. The maximum atomic E-state index is 12.9. The number of likely N-dealkylation sites (N-methyl/N-ethyl adjacent to an activating group) is 1. The largest absolute Gasteiger partial charge is 0.361 e. The van der Waals surface area contributed by atoms with E-state index in [0.29, 0.717) is 13.0 Å². The Morgan fingerprint density at radius 2 is 2.09 bits per heavy atom. The molecule has 7 nitrogen and oxygen atoms in total. The number of carbonyl (C=O) groups excluding carboxylic acids is 2. The first-order chi connectivity index (χ1) is 15.6. The quantitative estimate of drug-likeness (QED) is 0.214. The van der Waals surface area contributed by atoms with Crippen molar-refractivity contribution in [3.63, 3.8) is 0 Å². The molecule has 2 aromatic carbocycles. The highest BCUT2D eigenvalue weighted by Crippen LogP contribution is 2.33. The predicted octanol–water partition coefficient (Wildman–Crippen LogP) is 3.01. The summed E-state index contributed by atoms with van der Waals surface area (Å²) in [5.74, 6) is -0.562. The summed E-state index contributed by atoms with van der Waals surface area (Å²) in [4.78, 5) is 27.4. The molecule has 0 aliphatic heterocycles. The fourth-order valence-electron chi connectivity index (χ4n) is 4.41. The van der Waals surface area contributed by atoms with Crippen molar-refractivity contribution in [3.05, 3.63) is 77.0 Å². The molecule has 3 aromatic rings. The minimum atomic E-state index is -0.563. The maximum Gasteiger partial charge on any atom is 0.267 e. The van der Waals surface area contributed by atoms with Crippen LogP contribution in [-0.4, -0.2) is 34.6 Å². The van der Waals surface area contributed by atoms with Crippen molar-refractivity contribution in [1.29, 1.82) is 0 Å². The Labute approximate surface area is 186 Å². The Morgan fingerprint density at radius 3 is 2.91 bits per heavy atom. The lowest BCUT2D eigenvalue weighted by atomic mass is 10.0. The van der Waals surface area contributed by atoms with Gasteiger partial charge in [-0.05, 0) is 60.6 Å². The highest BCUT2D eigenvalue weighted by atomic mass is 16.5. The van der Waals surface area contributed by atoms with E-state index in [-0.39, 0.29) is 18.0 Å². The van der Waals surface area contributed by atoms with E-state index in [4.69, 9.17) is 5.21 Å². The molecule has 2 unspecified atom stereocenters. The molecular formula is C25H28N4O3. The number of hydrogen-bond acceptors (Lipinski definition) is 4. The molecule has 0 fully saturated rings. The van der Waals surface area contributed by atoms with Crippen LogP contribution in [0.1, 0.15) is 41.6 Å². The van der Waals surface area contributed by atoms with E-state index in [9.17, 15) is 9.59 Å². The van der Waals surface area contributed by atoms with E-state index >= 15 is 0 Å². The Kier molecular flexibility index (Phi) is 6.68. The molecule has 1 aliphatic carbocycles. The third-order valence-electron chi connectivity index (χ3n) is 5.95. The van der Waals surface area contributed by atoms with Crippen molar-refractivity contribution in [2.45, 2.75) is 38.3 Å². The number of aromatic nitrogens is 1. The van der Waals surface area contributed by atoms with E-state index in [2.05, 4.69) is 33.8 Å². The van der Waals surface area contributed by atoms with Crippen molar-refractivity contribution >= 4 is 28.8 Å². The molecule has 1 aliphatic rings. The van der Waals surface area contributed by atoms with Crippen LogP contribution < -0.4 is 16.1 Å². The Balaban J connectivity index is 1.53. The number of aromatic amines is 1. The first-order valence-corrected chi connectivity index (χ1v) is 10.9. The summed E-state index contributed by atoms with van der Waals surface area (Å²) in [5, 5.41) is 16.3. The zero-order valence-corrected chi connectivity index (χ0v) is 18.0. The van der Waals surface area contributed by atoms with Crippen LogP contribution in [0.3, 0.4) is 0 Å². The summed E-state index contributed by atoms with van der Waals surface area (Å²) >= 11 is 0. The zero-order chi connectivity index (χ0) is 22.5. The lowest BCUT2D eigenvalue weighted by Crippen LogP contribution is -2.46. The zero-order valence-electron chi connectivity index (χ0n) is 18.0. The van der Waals surface area contributed by atoms with E-state index in [1.54, 1.807) is 11.6 Å². The van der Waals surface area contributed by atoms with Crippen molar-refractivity contribution in [2.24, 2.45) is 0 Å². The molecular weight excluding hydrogens is 404 g/mol. The normalized spacial score (nSPS) is 16.2. The number of hydroxylamine groups is 1. The molecule has 0 bridgehead atoms. The number of hydrogen-bond donors (Lipinski definition) is 5. The van der Waals surface area contributed by atoms with Gasteiger partial charge >= 0.3 is 0 Å². The number of benzene rings is 2. The molecule has 166 valence electrons. The molecule has 1 heterocycles. The highest BCUT2D eigenvalue weighted by molar-refractivity contribution is 5.91. The number of para-hydroxylation sites is 1. The monoisotopic (exact) mass is 432 g/mol. The van der Waals surface area contributed by atoms with Gasteiger partial charge in [0.1, 0.15) is 0 Å². The lowest BCUT2D eigenvalue weighted by Gasteiger charge is -2.23. The second-order valence-electron chi connectivity index (χ2n) is 8.04. The molecule has 2 atom stereocenters. The van der Waals surface area contributed by atoms with Gasteiger partial charge < -0.3 is 10.3 Å². The second-order valence-corrected chi connectivity index (χ2v) is 8.04. The molecule has 0 spiro atoms. The van der Waals surface area contributed by atoms with Crippen molar-refractivity contribution in [2.75, 3.05) is 6.54 Å². The molecule has 5 N–H and O–H groups in total. The van der Waals surface area contributed by atoms with E-state index in [0.717, 1.165) is 34.9 Å². The fraction of sp³-hybridized carbons (Fsp3) is 0.280. The van der Waals surface area contributed by atoms with Gasteiger partial charge in [-0.15, -0.1) is 0 Å².